The second kappa shape index (κ2) is 7.95. The van der Waals surface area contributed by atoms with Crippen molar-refractivity contribution < 1.29 is 23.8 Å². The predicted octanol–water partition coefficient (Wildman–Crippen LogP) is 2.78. The van der Waals surface area contributed by atoms with Gasteiger partial charge in [0.2, 0.25) is 0 Å². The van der Waals surface area contributed by atoms with Crippen LogP contribution in [-0.2, 0) is 19.0 Å². The standard InChI is InChI=1S/C13H24O5/c1-6-16-12(15)18-9-13(4,5)8-17-11(14)7-10(2)3/h10H,6-9H2,1-5H3. The first-order chi connectivity index (χ1) is 8.26. The Labute approximate surface area is 109 Å². The summed E-state index contributed by atoms with van der Waals surface area (Å²) >= 11 is 0. The molecule has 0 unspecified atom stereocenters. The van der Waals surface area contributed by atoms with Crippen LogP contribution in [0.5, 0.6) is 0 Å². The summed E-state index contributed by atoms with van der Waals surface area (Å²) in [5, 5.41) is 0. The molecule has 106 valence electrons. The lowest BCUT2D eigenvalue weighted by Gasteiger charge is -2.23. The van der Waals surface area contributed by atoms with Gasteiger partial charge in [-0.15, -0.1) is 0 Å². The van der Waals surface area contributed by atoms with E-state index in [1.807, 2.05) is 27.7 Å². The van der Waals surface area contributed by atoms with E-state index in [1.165, 1.54) is 0 Å². The molecule has 0 aromatic carbocycles. The first-order valence-corrected chi connectivity index (χ1v) is 6.22. The number of carbonyl (C=O) groups excluding carboxylic acids is 2. The Kier molecular flexibility index (Phi) is 7.39. The van der Waals surface area contributed by atoms with Crippen LogP contribution in [0, 0.1) is 11.3 Å². The van der Waals surface area contributed by atoms with Crippen molar-refractivity contribution in [1.82, 2.24) is 0 Å². The van der Waals surface area contributed by atoms with Crippen LogP contribution in [-0.4, -0.2) is 31.9 Å². The monoisotopic (exact) mass is 260 g/mol. The van der Waals surface area contributed by atoms with E-state index in [1.54, 1.807) is 6.92 Å². The second-order valence-corrected chi connectivity index (χ2v) is 5.39. The van der Waals surface area contributed by atoms with Crippen LogP contribution >= 0.6 is 0 Å². The molecule has 0 heterocycles. The van der Waals surface area contributed by atoms with E-state index >= 15 is 0 Å². The van der Waals surface area contributed by atoms with E-state index in [2.05, 4.69) is 4.74 Å². The van der Waals surface area contributed by atoms with Crippen molar-refractivity contribution in [2.45, 2.75) is 41.0 Å². The summed E-state index contributed by atoms with van der Waals surface area (Å²) in [6, 6.07) is 0. The fourth-order valence-corrected chi connectivity index (χ4v) is 1.12. The molecule has 0 aromatic rings. The number of hydrogen-bond acceptors (Lipinski definition) is 5. The Hall–Kier alpha value is -1.26. The van der Waals surface area contributed by atoms with Gasteiger partial charge in [-0.2, -0.15) is 0 Å². The van der Waals surface area contributed by atoms with Gasteiger partial charge in [0.15, 0.2) is 0 Å². The maximum atomic E-state index is 11.4. The molecule has 0 bridgehead atoms. The van der Waals surface area contributed by atoms with Crippen molar-refractivity contribution in [1.29, 1.82) is 0 Å². The summed E-state index contributed by atoms with van der Waals surface area (Å²) in [6.07, 6.45) is -0.298. The zero-order valence-electron chi connectivity index (χ0n) is 11.9. The minimum atomic E-state index is -0.695. The highest BCUT2D eigenvalue weighted by atomic mass is 16.7. The molecule has 0 aliphatic rings. The lowest BCUT2D eigenvalue weighted by molar-refractivity contribution is -0.148. The molecular formula is C13H24O5. The molecule has 0 aliphatic carbocycles. The van der Waals surface area contributed by atoms with Crippen LogP contribution in [0.15, 0.2) is 0 Å². The molecule has 0 saturated carbocycles. The molecule has 5 nitrogen and oxygen atoms in total. The first-order valence-electron chi connectivity index (χ1n) is 6.22. The maximum absolute atomic E-state index is 11.4. The van der Waals surface area contributed by atoms with Gasteiger partial charge >= 0.3 is 12.1 Å². The van der Waals surface area contributed by atoms with Gasteiger partial charge in [0.25, 0.3) is 0 Å². The normalized spacial score (nSPS) is 11.2. The van der Waals surface area contributed by atoms with Crippen molar-refractivity contribution in [3.8, 4) is 0 Å². The summed E-state index contributed by atoms with van der Waals surface area (Å²) in [5.74, 6) is 0.0469. The third kappa shape index (κ3) is 8.84. The largest absolute Gasteiger partial charge is 0.508 e. The van der Waals surface area contributed by atoms with Gasteiger partial charge < -0.3 is 14.2 Å². The van der Waals surface area contributed by atoms with Crippen LogP contribution < -0.4 is 0 Å². The van der Waals surface area contributed by atoms with Gasteiger partial charge in [-0.05, 0) is 12.8 Å². The highest BCUT2D eigenvalue weighted by Crippen LogP contribution is 2.17. The van der Waals surface area contributed by atoms with Gasteiger partial charge in [-0.1, -0.05) is 27.7 Å². The molecule has 0 radical (unpaired) electrons. The quantitative estimate of drug-likeness (QED) is 0.659. The average Bonchev–Trinajstić information content (AvgIpc) is 2.24. The molecule has 0 atom stereocenters. The summed E-state index contributed by atoms with van der Waals surface area (Å²) in [4.78, 5) is 22.4. The third-order valence-corrected chi connectivity index (χ3v) is 2.04. The topological polar surface area (TPSA) is 61.8 Å². The molecule has 0 amide bonds. The van der Waals surface area contributed by atoms with Crippen LogP contribution in [0.1, 0.15) is 41.0 Å². The average molecular weight is 260 g/mol. The van der Waals surface area contributed by atoms with Crippen molar-refractivity contribution >= 4 is 12.1 Å². The lowest BCUT2D eigenvalue weighted by Crippen LogP contribution is -2.29. The molecule has 0 aliphatic heterocycles. The molecule has 18 heavy (non-hydrogen) atoms. The molecular weight excluding hydrogens is 236 g/mol. The summed E-state index contributed by atoms with van der Waals surface area (Å²) in [5.41, 5.74) is -0.417. The van der Waals surface area contributed by atoms with E-state index in [0.29, 0.717) is 6.42 Å². The molecule has 0 spiro atoms. The van der Waals surface area contributed by atoms with Gasteiger partial charge in [0.1, 0.15) is 6.61 Å². The molecule has 0 fully saturated rings. The number of rotatable bonds is 7. The van der Waals surface area contributed by atoms with Crippen LogP contribution in [0.2, 0.25) is 0 Å². The van der Waals surface area contributed by atoms with Gasteiger partial charge in [-0.3, -0.25) is 4.79 Å². The van der Waals surface area contributed by atoms with Crippen LogP contribution in [0.4, 0.5) is 4.79 Å². The number of esters is 1. The Balaban J connectivity index is 3.92. The number of hydrogen-bond donors (Lipinski definition) is 0. The fraction of sp³-hybridized carbons (Fsp3) is 0.846. The maximum Gasteiger partial charge on any atom is 0.508 e. The highest BCUT2D eigenvalue weighted by molar-refractivity contribution is 5.69. The highest BCUT2D eigenvalue weighted by Gasteiger charge is 2.23. The molecule has 5 heteroatoms. The van der Waals surface area contributed by atoms with Crippen molar-refractivity contribution in [2.24, 2.45) is 11.3 Å². The van der Waals surface area contributed by atoms with Crippen LogP contribution in [0.3, 0.4) is 0 Å². The predicted molar refractivity (Wildman–Crippen MR) is 67.2 cm³/mol. The first kappa shape index (κ1) is 16.7. The summed E-state index contributed by atoms with van der Waals surface area (Å²) in [7, 11) is 0. The minimum Gasteiger partial charge on any atom is -0.465 e. The van der Waals surface area contributed by atoms with Crippen molar-refractivity contribution in [3.05, 3.63) is 0 Å². The van der Waals surface area contributed by atoms with E-state index in [9.17, 15) is 9.59 Å². The summed E-state index contributed by atoms with van der Waals surface area (Å²) < 4.78 is 14.7. The lowest BCUT2D eigenvalue weighted by atomic mass is 9.96. The van der Waals surface area contributed by atoms with Crippen LogP contribution in [0.25, 0.3) is 0 Å². The fourth-order valence-electron chi connectivity index (χ4n) is 1.12. The van der Waals surface area contributed by atoms with Crippen molar-refractivity contribution in [3.63, 3.8) is 0 Å². The molecule has 0 N–H and O–H groups in total. The summed E-state index contributed by atoms with van der Waals surface area (Å²) in [6.45, 7) is 9.98. The Morgan fingerprint density at radius 2 is 1.61 bits per heavy atom. The van der Waals surface area contributed by atoms with Gasteiger partial charge in [-0.25, -0.2) is 4.79 Å². The van der Waals surface area contributed by atoms with E-state index in [4.69, 9.17) is 9.47 Å². The van der Waals surface area contributed by atoms with Gasteiger partial charge in [0, 0.05) is 11.8 Å². The molecule has 0 aromatic heterocycles. The Morgan fingerprint density at radius 3 is 2.11 bits per heavy atom. The number of ether oxygens (including phenoxy) is 3. The smallest absolute Gasteiger partial charge is 0.465 e. The Bertz CT molecular complexity index is 271. The SMILES string of the molecule is CCOC(=O)OCC(C)(C)COC(=O)CC(C)C. The van der Waals surface area contributed by atoms with E-state index in [-0.39, 0.29) is 31.7 Å². The molecule has 0 rings (SSSR count). The third-order valence-electron chi connectivity index (χ3n) is 2.04. The van der Waals surface area contributed by atoms with Gasteiger partial charge in [0.05, 0.1) is 13.2 Å². The zero-order chi connectivity index (χ0) is 14.2. The van der Waals surface area contributed by atoms with E-state index in [0.717, 1.165) is 0 Å². The second-order valence-electron chi connectivity index (χ2n) is 5.39. The zero-order valence-corrected chi connectivity index (χ0v) is 11.9. The minimum absolute atomic E-state index is 0.154. The van der Waals surface area contributed by atoms with Crippen molar-refractivity contribution in [2.75, 3.05) is 19.8 Å². The van der Waals surface area contributed by atoms with E-state index < -0.39 is 11.6 Å². The Morgan fingerprint density at radius 1 is 1.06 bits per heavy atom. The molecule has 0 saturated heterocycles. The number of carbonyl (C=O) groups is 2.